The molecular formula is C11H12ClNO3. The molecule has 0 saturated heterocycles. The molecule has 5 heteroatoms. The van der Waals surface area contributed by atoms with Crippen LogP contribution in [0.25, 0.3) is 0 Å². The van der Waals surface area contributed by atoms with Gasteiger partial charge in [-0.2, -0.15) is 0 Å². The lowest BCUT2D eigenvalue weighted by molar-refractivity contribution is -0.134. The zero-order valence-corrected chi connectivity index (χ0v) is 9.54. The van der Waals surface area contributed by atoms with Gasteiger partial charge in [-0.1, -0.05) is 11.6 Å². The number of benzene rings is 1. The first-order valence-electron chi connectivity index (χ1n) is 4.70. The maximum atomic E-state index is 11.5. The van der Waals surface area contributed by atoms with Crippen molar-refractivity contribution in [3.05, 3.63) is 29.3 Å². The van der Waals surface area contributed by atoms with E-state index in [0.717, 1.165) is 5.56 Å². The number of halogens is 1. The minimum Gasteiger partial charge on any atom is -0.480 e. The summed E-state index contributed by atoms with van der Waals surface area (Å²) in [6.07, 6.45) is 0. The third-order valence-corrected chi connectivity index (χ3v) is 2.27. The lowest BCUT2D eigenvalue weighted by Crippen LogP contribution is -2.15. The van der Waals surface area contributed by atoms with Gasteiger partial charge in [0.05, 0.1) is 5.88 Å². The Bertz CT molecular complexity index is 418. The van der Waals surface area contributed by atoms with Crippen LogP contribution < -0.4 is 5.32 Å². The zero-order valence-electron chi connectivity index (χ0n) is 8.79. The molecule has 2 N–H and O–H groups in total. The highest BCUT2D eigenvalue weighted by Gasteiger charge is 2.11. The smallest absolute Gasteiger partial charge is 0.322 e. The summed E-state index contributed by atoms with van der Waals surface area (Å²) in [6.45, 7) is 1.62. The van der Waals surface area contributed by atoms with Crippen LogP contribution in [0, 0.1) is 6.92 Å². The van der Waals surface area contributed by atoms with Crippen LogP contribution in [0.1, 0.15) is 15.9 Å². The topological polar surface area (TPSA) is 66.4 Å². The number of aryl methyl sites for hydroxylation is 1. The number of aliphatic carboxylic acids is 1. The van der Waals surface area contributed by atoms with Crippen molar-refractivity contribution in [2.45, 2.75) is 6.92 Å². The summed E-state index contributed by atoms with van der Waals surface area (Å²) in [5.41, 5.74) is 1.85. The monoisotopic (exact) mass is 241 g/mol. The lowest BCUT2D eigenvalue weighted by atomic mass is 10.1. The van der Waals surface area contributed by atoms with E-state index in [2.05, 4.69) is 5.32 Å². The number of carboxylic acids is 1. The van der Waals surface area contributed by atoms with Gasteiger partial charge in [0.2, 0.25) is 0 Å². The van der Waals surface area contributed by atoms with Crippen molar-refractivity contribution in [1.29, 1.82) is 0 Å². The number of Topliss-reactive ketones (excluding diaryl/α,β-unsaturated/α-hetero) is 1. The predicted octanol–water partition coefficient (Wildman–Crippen LogP) is 1.91. The number of hydrogen-bond donors (Lipinski definition) is 2. The van der Waals surface area contributed by atoms with Crippen molar-refractivity contribution in [1.82, 2.24) is 0 Å². The number of nitrogens with one attached hydrogen (secondary N) is 1. The Morgan fingerprint density at radius 3 is 2.69 bits per heavy atom. The molecule has 1 rings (SSSR count). The average Bonchev–Trinajstić information content (AvgIpc) is 2.26. The number of alkyl halides is 1. The molecule has 0 aliphatic rings. The summed E-state index contributed by atoms with van der Waals surface area (Å²) >= 11 is 5.48. The standard InChI is InChI=1S/C11H12ClNO3/c1-7-2-3-9(13-6-11(15)16)8(4-7)10(14)5-12/h2-4,13H,5-6H2,1H3,(H,15,16). The van der Waals surface area contributed by atoms with Gasteiger partial charge < -0.3 is 10.4 Å². The summed E-state index contributed by atoms with van der Waals surface area (Å²) in [5, 5.41) is 11.2. The van der Waals surface area contributed by atoms with Crippen LogP contribution in [0.5, 0.6) is 0 Å². The number of ketones is 1. The van der Waals surface area contributed by atoms with Gasteiger partial charge in [-0.25, -0.2) is 0 Å². The normalized spacial score (nSPS) is 9.88. The van der Waals surface area contributed by atoms with Crippen molar-refractivity contribution >= 4 is 29.0 Å². The summed E-state index contributed by atoms with van der Waals surface area (Å²) in [7, 11) is 0. The molecule has 0 unspecified atom stereocenters. The summed E-state index contributed by atoms with van der Waals surface area (Å²) in [6, 6.07) is 5.17. The van der Waals surface area contributed by atoms with E-state index < -0.39 is 5.97 Å². The second-order valence-corrected chi connectivity index (χ2v) is 3.62. The molecule has 0 aliphatic heterocycles. The Kier molecular flexibility index (Phi) is 4.31. The van der Waals surface area contributed by atoms with Gasteiger partial charge >= 0.3 is 5.97 Å². The number of rotatable bonds is 5. The molecule has 86 valence electrons. The van der Waals surface area contributed by atoms with E-state index in [4.69, 9.17) is 16.7 Å². The molecule has 0 atom stereocenters. The second-order valence-electron chi connectivity index (χ2n) is 3.35. The Morgan fingerprint density at radius 2 is 2.12 bits per heavy atom. The zero-order chi connectivity index (χ0) is 12.1. The minimum atomic E-state index is -0.982. The molecule has 0 spiro atoms. The van der Waals surface area contributed by atoms with Crippen LogP contribution >= 0.6 is 11.6 Å². The first kappa shape index (κ1) is 12.5. The Labute approximate surface area is 98.2 Å². The molecule has 0 radical (unpaired) electrons. The molecule has 0 fully saturated rings. The number of carbonyl (C=O) groups is 2. The summed E-state index contributed by atoms with van der Waals surface area (Å²) in [5.74, 6) is -1.33. The quantitative estimate of drug-likeness (QED) is 0.611. The van der Waals surface area contributed by atoms with E-state index >= 15 is 0 Å². The molecule has 0 heterocycles. The molecule has 0 saturated carbocycles. The maximum Gasteiger partial charge on any atom is 0.322 e. The van der Waals surface area contributed by atoms with E-state index in [1.54, 1.807) is 18.2 Å². The minimum absolute atomic E-state index is 0.120. The lowest BCUT2D eigenvalue weighted by Gasteiger charge is -2.09. The molecule has 0 aromatic heterocycles. The highest BCUT2D eigenvalue weighted by atomic mass is 35.5. The Morgan fingerprint density at radius 1 is 1.44 bits per heavy atom. The van der Waals surface area contributed by atoms with E-state index in [0.29, 0.717) is 11.3 Å². The van der Waals surface area contributed by atoms with Gasteiger partial charge in [-0.15, -0.1) is 11.6 Å². The Balaban J connectivity index is 2.98. The Hall–Kier alpha value is -1.55. The molecule has 0 amide bonds. The van der Waals surface area contributed by atoms with Crippen molar-refractivity contribution in [2.24, 2.45) is 0 Å². The fourth-order valence-corrected chi connectivity index (χ4v) is 1.43. The molecule has 0 bridgehead atoms. The highest BCUT2D eigenvalue weighted by Crippen LogP contribution is 2.18. The SMILES string of the molecule is Cc1ccc(NCC(=O)O)c(C(=O)CCl)c1. The van der Waals surface area contributed by atoms with Crippen molar-refractivity contribution in [2.75, 3.05) is 17.7 Å². The van der Waals surface area contributed by atoms with E-state index in [1.165, 1.54) is 0 Å². The van der Waals surface area contributed by atoms with Crippen LogP contribution in [0.2, 0.25) is 0 Å². The molecular weight excluding hydrogens is 230 g/mol. The summed E-state index contributed by atoms with van der Waals surface area (Å²) < 4.78 is 0. The predicted molar refractivity (Wildman–Crippen MR) is 62.4 cm³/mol. The molecule has 0 aliphatic carbocycles. The van der Waals surface area contributed by atoms with Gasteiger partial charge in [0.25, 0.3) is 0 Å². The maximum absolute atomic E-state index is 11.5. The first-order valence-corrected chi connectivity index (χ1v) is 5.23. The third-order valence-electron chi connectivity index (χ3n) is 2.03. The van der Waals surface area contributed by atoms with Crippen molar-refractivity contribution in [3.8, 4) is 0 Å². The van der Waals surface area contributed by atoms with Gasteiger partial charge in [0.15, 0.2) is 5.78 Å². The molecule has 1 aromatic rings. The van der Waals surface area contributed by atoms with Crippen LogP contribution in [0.3, 0.4) is 0 Å². The first-order chi connectivity index (χ1) is 7.54. The molecule has 1 aromatic carbocycles. The third kappa shape index (κ3) is 3.24. The fraction of sp³-hybridized carbons (Fsp3) is 0.273. The molecule has 16 heavy (non-hydrogen) atoms. The highest BCUT2D eigenvalue weighted by molar-refractivity contribution is 6.31. The van der Waals surface area contributed by atoms with E-state index in [9.17, 15) is 9.59 Å². The van der Waals surface area contributed by atoms with E-state index in [1.807, 2.05) is 6.92 Å². The average molecular weight is 242 g/mol. The van der Waals surface area contributed by atoms with Crippen LogP contribution in [-0.2, 0) is 4.79 Å². The molecule has 4 nitrogen and oxygen atoms in total. The van der Waals surface area contributed by atoms with Gasteiger partial charge in [0, 0.05) is 11.3 Å². The largest absolute Gasteiger partial charge is 0.480 e. The number of carbonyl (C=O) groups excluding carboxylic acids is 1. The summed E-state index contributed by atoms with van der Waals surface area (Å²) in [4.78, 5) is 21.9. The van der Waals surface area contributed by atoms with Crippen LogP contribution in [-0.4, -0.2) is 29.3 Å². The van der Waals surface area contributed by atoms with Crippen LogP contribution in [0.4, 0.5) is 5.69 Å². The van der Waals surface area contributed by atoms with Crippen LogP contribution in [0.15, 0.2) is 18.2 Å². The van der Waals surface area contributed by atoms with Gasteiger partial charge in [0.1, 0.15) is 6.54 Å². The van der Waals surface area contributed by atoms with Gasteiger partial charge in [-0.3, -0.25) is 9.59 Å². The number of hydrogen-bond acceptors (Lipinski definition) is 3. The van der Waals surface area contributed by atoms with Crippen molar-refractivity contribution in [3.63, 3.8) is 0 Å². The number of anilines is 1. The number of carboxylic acid groups (broad SMARTS) is 1. The van der Waals surface area contributed by atoms with Crippen molar-refractivity contribution < 1.29 is 14.7 Å². The second kappa shape index (κ2) is 5.51. The fourth-order valence-electron chi connectivity index (χ4n) is 1.29. The van der Waals surface area contributed by atoms with E-state index in [-0.39, 0.29) is 18.2 Å². The van der Waals surface area contributed by atoms with Gasteiger partial charge in [-0.05, 0) is 19.1 Å².